The molecule has 16 heavy (non-hydrogen) atoms. The average molecular weight is 231 g/mol. The van der Waals surface area contributed by atoms with Crippen molar-refractivity contribution in [3.63, 3.8) is 0 Å². The Morgan fingerprint density at radius 2 is 1.88 bits per heavy atom. The topological polar surface area (TPSA) is 72.5 Å². The minimum atomic E-state index is -1.05. The minimum Gasteiger partial charge on any atom is -0.464 e. The van der Waals surface area contributed by atoms with Gasteiger partial charge in [0.2, 0.25) is 0 Å². The van der Waals surface area contributed by atoms with Crippen LogP contribution < -0.4 is 5.73 Å². The number of esters is 1. The SMILES string of the molecule is CCCCCCCCOC(=O)[C@@H](O)CCN. The number of hydrogen-bond donors (Lipinski definition) is 2. The Kier molecular flexibility index (Phi) is 10.5. The maximum Gasteiger partial charge on any atom is 0.335 e. The van der Waals surface area contributed by atoms with E-state index in [2.05, 4.69) is 6.92 Å². The summed E-state index contributed by atoms with van der Waals surface area (Å²) in [6.45, 7) is 2.89. The molecule has 0 saturated heterocycles. The van der Waals surface area contributed by atoms with E-state index < -0.39 is 12.1 Å². The zero-order valence-corrected chi connectivity index (χ0v) is 10.3. The van der Waals surface area contributed by atoms with Crippen LogP contribution in [0.3, 0.4) is 0 Å². The van der Waals surface area contributed by atoms with E-state index in [9.17, 15) is 9.90 Å². The highest BCUT2D eigenvalue weighted by Gasteiger charge is 2.14. The molecule has 0 bridgehead atoms. The summed E-state index contributed by atoms with van der Waals surface area (Å²) >= 11 is 0. The molecule has 96 valence electrons. The van der Waals surface area contributed by atoms with Gasteiger partial charge in [0.1, 0.15) is 0 Å². The smallest absolute Gasteiger partial charge is 0.335 e. The molecule has 0 fully saturated rings. The Morgan fingerprint density at radius 3 is 2.50 bits per heavy atom. The number of aliphatic hydroxyl groups excluding tert-OH is 1. The van der Waals surface area contributed by atoms with Gasteiger partial charge in [0.15, 0.2) is 6.10 Å². The molecule has 0 aliphatic rings. The predicted molar refractivity (Wildman–Crippen MR) is 64.0 cm³/mol. The van der Waals surface area contributed by atoms with Crippen LogP contribution in [0.5, 0.6) is 0 Å². The monoisotopic (exact) mass is 231 g/mol. The maximum atomic E-state index is 11.1. The molecule has 0 heterocycles. The van der Waals surface area contributed by atoms with Crippen molar-refractivity contribution in [3.8, 4) is 0 Å². The van der Waals surface area contributed by atoms with Crippen LogP contribution >= 0.6 is 0 Å². The van der Waals surface area contributed by atoms with E-state index in [1.54, 1.807) is 0 Å². The van der Waals surface area contributed by atoms with Crippen molar-refractivity contribution in [1.29, 1.82) is 0 Å². The number of unbranched alkanes of at least 4 members (excludes halogenated alkanes) is 5. The van der Waals surface area contributed by atoms with E-state index in [0.29, 0.717) is 13.2 Å². The van der Waals surface area contributed by atoms with Crippen molar-refractivity contribution < 1.29 is 14.6 Å². The lowest BCUT2D eigenvalue weighted by atomic mass is 10.1. The number of hydrogen-bond acceptors (Lipinski definition) is 4. The van der Waals surface area contributed by atoms with Gasteiger partial charge in [-0.2, -0.15) is 0 Å². The van der Waals surface area contributed by atoms with Gasteiger partial charge in [0, 0.05) is 0 Å². The lowest BCUT2D eigenvalue weighted by Gasteiger charge is -2.09. The summed E-state index contributed by atoms with van der Waals surface area (Å²) in [7, 11) is 0. The number of carbonyl (C=O) groups excluding carboxylic acids is 1. The second-order valence-corrected chi connectivity index (χ2v) is 4.03. The van der Waals surface area contributed by atoms with Gasteiger partial charge in [-0.3, -0.25) is 0 Å². The van der Waals surface area contributed by atoms with Crippen LogP contribution in [-0.2, 0) is 9.53 Å². The van der Waals surface area contributed by atoms with Crippen molar-refractivity contribution in [3.05, 3.63) is 0 Å². The third kappa shape index (κ3) is 8.68. The van der Waals surface area contributed by atoms with Gasteiger partial charge >= 0.3 is 5.97 Å². The van der Waals surface area contributed by atoms with E-state index in [1.807, 2.05) is 0 Å². The molecule has 0 amide bonds. The van der Waals surface area contributed by atoms with Crippen molar-refractivity contribution in [2.24, 2.45) is 5.73 Å². The van der Waals surface area contributed by atoms with Crippen LogP contribution in [0.1, 0.15) is 51.9 Å². The Morgan fingerprint density at radius 1 is 1.25 bits per heavy atom. The molecule has 0 aliphatic carbocycles. The van der Waals surface area contributed by atoms with Crippen molar-refractivity contribution >= 4 is 5.97 Å². The molecule has 0 unspecified atom stereocenters. The fourth-order valence-corrected chi connectivity index (χ4v) is 1.43. The second-order valence-electron chi connectivity index (χ2n) is 4.03. The van der Waals surface area contributed by atoms with Crippen molar-refractivity contribution in [1.82, 2.24) is 0 Å². The van der Waals surface area contributed by atoms with Gasteiger partial charge < -0.3 is 15.6 Å². The van der Waals surface area contributed by atoms with Crippen molar-refractivity contribution in [2.75, 3.05) is 13.2 Å². The third-order valence-corrected chi connectivity index (χ3v) is 2.45. The highest BCUT2D eigenvalue weighted by atomic mass is 16.5. The molecule has 4 nitrogen and oxygen atoms in total. The quantitative estimate of drug-likeness (QED) is 0.442. The fourth-order valence-electron chi connectivity index (χ4n) is 1.43. The van der Waals surface area contributed by atoms with Crippen LogP contribution in [-0.4, -0.2) is 30.3 Å². The van der Waals surface area contributed by atoms with Gasteiger partial charge in [-0.25, -0.2) is 4.79 Å². The number of nitrogens with two attached hydrogens (primary N) is 1. The fraction of sp³-hybridized carbons (Fsp3) is 0.917. The molecular weight excluding hydrogens is 206 g/mol. The van der Waals surface area contributed by atoms with Crippen LogP contribution in [0, 0.1) is 0 Å². The van der Waals surface area contributed by atoms with Crippen molar-refractivity contribution in [2.45, 2.75) is 58.0 Å². The van der Waals surface area contributed by atoms with Crippen LogP contribution in [0.4, 0.5) is 0 Å². The summed E-state index contributed by atoms with van der Waals surface area (Å²) in [4.78, 5) is 11.1. The molecule has 0 spiro atoms. The largest absolute Gasteiger partial charge is 0.464 e. The first-order valence-corrected chi connectivity index (χ1v) is 6.27. The molecule has 0 radical (unpaired) electrons. The summed E-state index contributed by atoms with van der Waals surface area (Å²) in [6.07, 6.45) is 6.14. The molecule has 0 aromatic heterocycles. The lowest BCUT2D eigenvalue weighted by Crippen LogP contribution is -2.26. The Hall–Kier alpha value is -0.610. The zero-order valence-electron chi connectivity index (χ0n) is 10.3. The molecule has 4 heteroatoms. The zero-order chi connectivity index (χ0) is 12.2. The first kappa shape index (κ1) is 15.4. The number of rotatable bonds is 10. The van der Waals surface area contributed by atoms with Crippen LogP contribution in [0.2, 0.25) is 0 Å². The van der Waals surface area contributed by atoms with Gasteiger partial charge in [-0.05, 0) is 19.4 Å². The lowest BCUT2D eigenvalue weighted by molar-refractivity contribution is -0.153. The first-order valence-electron chi connectivity index (χ1n) is 6.27. The van der Waals surface area contributed by atoms with Gasteiger partial charge in [0.25, 0.3) is 0 Å². The number of carbonyl (C=O) groups is 1. The summed E-state index contributed by atoms with van der Waals surface area (Å²) in [5, 5.41) is 9.24. The van der Waals surface area contributed by atoms with Gasteiger partial charge in [-0.1, -0.05) is 39.0 Å². The van der Waals surface area contributed by atoms with E-state index in [-0.39, 0.29) is 6.42 Å². The highest BCUT2D eigenvalue weighted by Crippen LogP contribution is 2.05. The molecule has 0 saturated carbocycles. The Bertz CT molecular complexity index is 174. The number of aliphatic hydroxyl groups is 1. The maximum absolute atomic E-state index is 11.1. The second kappa shape index (κ2) is 10.9. The molecule has 1 atom stereocenters. The first-order chi connectivity index (χ1) is 7.72. The van der Waals surface area contributed by atoms with Gasteiger partial charge in [-0.15, -0.1) is 0 Å². The summed E-state index contributed by atoms with van der Waals surface area (Å²) in [6, 6.07) is 0. The molecule has 0 rings (SSSR count). The molecule has 0 aromatic rings. The predicted octanol–water partition coefficient (Wildman–Crippen LogP) is 1.60. The van der Waals surface area contributed by atoms with E-state index in [0.717, 1.165) is 12.8 Å². The summed E-state index contributed by atoms with van der Waals surface area (Å²) < 4.78 is 4.92. The Balaban J connectivity index is 3.27. The van der Waals surface area contributed by atoms with Crippen LogP contribution in [0.15, 0.2) is 0 Å². The molecular formula is C12H25NO3. The van der Waals surface area contributed by atoms with E-state index in [1.165, 1.54) is 25.7 Å². The van der Waals surface area contributed by atoms with Crippen LogP contribution in [0.25, 0.3) is 0 Å². The normalized spacial score (nSPS) is 12.4. The van der Waals surface area contributed by atoms with Gasteiger partial charge in [0.05, 0.1) is 6.61 Å². The summed E-state index contributed by atoms with van der Waals surface area (Å²) in [5.41, 5.74) is 5.22. The highest BCUT2D eigenvalue weighted by molar-refractivity contribution is 5.74. The average Bonchev–Trinajstić information content (AvgIpc) is 2.28. The molecule has 0 aliphatic heterocycles. The third-order valence-electron chi connectivity index (χ3n) is 2.45. The van der Waals surface area contributed by atoms with E-state index in [4.69, 9.17) is 10.5 Å². The molecule has 0 aromatic carbocycles. The number of ether oxygens (including phenoxy) is 1. The standard InChI is InChI=1S/C12H25NO3/c1-2-3-4-5-6-7-10-16-12(15)11(14)8-9-13/h11,14H,2-10,13H2,1H3/t11-/m0/s1. The minimum absolute atomic E-state index is 0.273. The summed E-state index contributed by atoms with van der Waals surface area (Å²) in [5.74, 6) is -0.543. The Labute approximate surface area is 98.2 Å². The molecule has 3 N–H and O–H groups in total. The van der Waals surface area contributed by atoms with E-state index >= 15 is 0 Å².